The van der Waals surface area contributed by atoms with Crippen LogP contribution >= 0.6 is 15.9 Å². The van der Waals surface area contributed by atoms with Crippen LogP contribution in [0.4, 0.5) is 10.1 Å². The van der Waals surface area contributed by atoms with Crippen LogP contribution in [0.1, 0.15) is 13.3 Å². The molecule has 2 amide bonds. The number of rotatable bonds is 4. The Morgan fingerprint density at radius 1 is 1.41 bits per heavy atom. The van der Waals surface area contributed by atoms with Gasteiger partial charge in [0.05, 0.1) is 5.69 Å². The summed E-state index contributed by atoms with van der Waals surface area (Å²) in [6.07, 6.45) is 0.106. The fourth-order valence-corrected chi connectivity index (χ4v) is 1.49. The molecule has 0 atom stereocenters. The van der Waals surface area contributed by atoms with Gasteiger partial charge in [0.25, 0.3) is 0 Å². The lowest BCUT2D eigenvalue weighted by Crippen LogP contribution is -2.25. The molecule has 0 saturated heterocycles. The van der Waals surface area contributed by atoms with Crippen molar-refractivity contribution in [2.75, 3.05) is 11.9 Å². The van der Waals surface area contributed by atoms with Gasteiger partial charge in [-0.1, -0.05) is 15.9 Å². The molecular weight excluding hydrogens is 291 g/mol. The lowest BCUT2D eigenvalue weighted by Gasteiger charge is -2.06. The van der Waals surface area contributed by atoms with Gasteiger partial charge in [-0.2, -0.15) is 0 Å². The summed E-state index contributed by atoms with van der Waals surface area (Å²) in [5.41, 5.74) is 0.126. The second kappa shape index (κ2) is 6.34. The molecule has 0 saturated carbocycles. The number of benzene rings is 1. The number of nitrogens with one attached hydrogen (secondary N) is 2. The van der Waals surface area contributed by atoms with Crippen LogP contribution in [0.2, 0.25) is 0 Å². The van der Waals surface area contributed by atoms with Crippen LogP contribution in [0, 0.1) is 5.82 Å². The van der Waals surface area contributed by atoms with Crippen LogP contribution in [-0.4, -0.2) is 18.4 Å². The Hall–Kier alpha value is -1.43. The maximum Gasteiger partial charge on any atom is 0.226 e. The van der Waals surface area contributed by atoms with Crippen LogP contribution in [0.15, 0.2) is 22.7 Å². The van der Waals surface area contributed by atoms with Crippen molar-refractivity contribution in [1.29, 1.82) is 0 Å². The van der Waals surface area contributed by atoms with E-state index in [1.807, 2.05) is 0 Å². The van der Waals surface area contributed by atoms with Gasteiger partial charge in [0, 0.05) is 24.4 Å². The van der Waals surface area contributed by atoms with Gasteiger partial charge >= 0.3 is 0 Å². The minimum Gasteiger partial charge on any atom is -0.356 e. The van der Waals surface area contributed by atoms with Crippen molar-refractivity contribution in [3.05, 3.63) is 28.5 Å². The molecule has 0 unspecified atom stereocenters. The molecule has 0 fully saturated rings. The summed E-state index contributed by atoms with van der Waals surface area (Å²) in [6.45, 7) is 1.60. The highest BCUT2D eigenvalue weighted by atomic mass is 79.9. The molecular formula is C11H12BrFN2O2. The first-order valence-corrected chi connectivity index (χ1v) is 5.77. The average molecular weight is 303 g/mol. The third kappa shape index (κ3) is 4.95. The third-order valence-corrected chi connectivity index (χ3v) is 2.42. The maximum atomic E-state index is 13.3. The summed E-state index contributed by atoms with van der Waals surface area (Å²) < 4.78 is 13.9. The number of carbonyl (C=O) groups is 2. The summed E-state index contributed by atoms with van der Waals surface area (Å²) in [5, 5.41) is 4.91. The minimum atomic E-state index is -0.507. The summed E-state index contributed by atoms with van der Waals surface area (Å²) in [7, 11) is 0. The van der Waals surface area contributed by atoms with Crippen molar-refractivity contribution in [2.45, 2.75) is 13.3 Å². The fourth-order valence-electron chi connectivity index (χ4n) is 1.16. The number of carbonyl (C=O) groups excluding carboxylic acids is 2. The highest BCUT2D eigenvalue weighted by Gasteiger charge is 2.07. The monoisotopic (exact) mass is 302 g/mol. The van der Waals surface area contributed by atoms with E-state index >= 15 is 0 Å². The van der Waals surface area contributed by atoms with Gasteiger partial charge in [0.1, 0.15) is 5.82 Å². The van der Waals surface area contributed by atoms with Gasteiger partial charge in [-0.15, -0.1) is 0 Å². The first-order valence-electron chi connectivity index (χ1n) is 4.98. The molecule has 0 aromatic heterocycles. The van der Waals surface area contributed by atoms with Crippen LogP contribution < -0.4 is 10.6 Å². The summed E-state index contributed by atoms with van der Waals surface area (Å²) in [4.78, 5) is 22.0. The van der Waals surface area contributed by atoms with E-state index in [1.54, 1.807) is 6.07 Å². The molecule has 4 nitrogen and oxygen atoms in total. The van der Waals surface area contributed by atoms with Crippen molar-refractivity contribution < 1.29 is 14.0 Å². The smallest absolute Gasteiger partial charge is 0.226 e. The molecule has 17 heavy (non-hydrogen) atoms. The van der Waals surface area contributed by atoms with Gasteiger partial charge < -0.3 is 10.6 Å². The quantitative estimate of drug-likeness (QED) is 0.894. The number of halogens is 2. The van der Waals surface area contributed by atoms with E-state index in [0.29, 0.717) is 4.47 Å². The highest BCUT2D eigenvalue weighted by Crippen LogP contribution is 2.19. The third-order valence-electron chi connectivity index (χ3n) is 1.93. The summed E-state index contributed by atoms with van der Waals surface area (Å²) >= 11 is 3.12. The van der Waals surface area contributed by atoms with Gasteiger partial charge in [-0.3, -0.25) is 9.59 Å². The molecule has 0 bridgehead atoms. The topological polar surface area (TPSA) is 58.2 Å². The van der Waals surface area contributed by atoms with E-state index in [2.05, 4.69) is 26.6 Å². The first kappa shape index (κ1) is 13.6. The van der Waals surface area contributed by atoms with E-state index in [-0.39, 0.29) is 30.5 Å². The molecule has 0 radical (unpaired) electrons. The Morgan fingerprint density at radius 2 is 2.12 bits per heavy atom. The number of anilines is 1. The zero-order valence-electron chi connectivity index (χ0n) is 9.22. The van der Waals surface area contributed by atoms with Crippen LogP contribution in [-0.2, 0) is 9.59 Å². The van der Waals surface area contributed by atoms with E-state index in [0.717, 1.165) is 0 Å². The molecule has 0 aliphatic rings. The molecule has 0 spiro atoms. The van der Waals surface area contributed by atoms with E-state index in [9.17, 15) is 14.0 Å². The lowest BCUT2D eigenvalue weighted by molar-refractivity contribution is -0.119. The van der Waals surface area contributed by atoms with E-state index < -0.39 is 5.82 Å². The minimum absolute atomic E-state index is 0.106. The van der Waals surface area contributed by atoms with E-state index in [4.69, 9.17) is 0 Å². The maximum absolute atomic E-state index is 13.3. The Bertz CT molecular complexity index is 437. The molecule has 92 valence electrons. The zero-order chi connectivity index (χ0) is 12.8. The molecule has 1 aromatic rings. The molecule has 0 heterocycles. The normalized spacial score (nSPS) is 9.82. The highest BCUT2D eigenvalue weighted by molar-refractivity contribution is 9.10. The summed E-state index contributed by atoms with van der Waals surface area (Å²) in [5.74, 6) is -1.06. The fraction of sp³-hybridized carbons (Fsp3) is 0.273. The Kier molecular flexibility index (Phi) is 5.09. The van der Waals surface area contributed by atoms with E-state index in [1.165, 1.54) is 19.1 Å². The summed E-state index contributed by atoms with van der Waals surface area (Å²) in [6, 6.07) is 4.37. The van der Waals surface area contributed by atoms with Crippen molar-refractivity contribution in [3.63, 3.8) is 0 Å². The second-order valence-electron chi connectivity index (χ2n) is 3.41. The molecule has 0 aliphatic heterocycles. The second-order valence-corrected chi connectivity index (χ2v) is 4.32. The predicted molar refractivity (Wildman–Crippen MR) is 66.0 cm³/mol. The first-order chi connectivity index (χ1) is 7.99. The predicted octanol–water partition coefficient (Wildman–Crippen LogP) is 2.05. The number of amides is 2. The largest absolute Gasteiger partial charge is 0.356 e. The zero-order valence-corrected chi connectivity index (χ0v) is 10.8. The Labute approximate surface area is 107 Å². The van der Waals surface area contributed by atoms with Crippen LogP contribution in [0.5, 0.6) is 0 Å². The van der Waals surface area contributed by atoms with Crippen LogP contribution in [0.3, 0.4) is 0 Å². The van der Waals surface area contributed by atoms with Crippen molar-refractivity contribution in [2.24, 2.45) is 0 Å². The van der Waals surface area contributed by atoms with Gasteiger partial charge in [-0.05, 0) is 18.2 Å². The van der Waals surface area contributed by atoms with Crippen LogP contribution in [0.25, 0.3) is 0 Å². The number of hydrogen-bond acceptors (Lipinski definition) is 2. The van der Waals surface area contributed by atoms with Gasteiger partial charge in [0.2, 0.25) is 11.8 Å². The van der Waals surface area contributed by atoms with Crippen molar-refractivity contribution in [3.8, 4) is 0 Å². The number of hydrogen-bond donors (Lipinski definition) is 2. The Morgan fingerprint density at radius 3 is 2.71 bits per heavy atom. The van der Waals surface area contributed by atoms with Crippen molar-refractivity contribution >= 4 is 33.4 Å². The van der Waals surface area contributed by atoms with Gasteiger partial charge in [0.15, 0.2) is 0 Å². The SMILES string of the molecule is CC(=O)NCCC(=O)Nc1ccc(Br)cc1F. The molecule has 1 aromatic carbocycles. The standard InChI is InChI=1S/C11H12BrFN2O2/c1-7(16)14-5-4-11(17)15-10-3-2-8(12)6-9(10)13/h2-3,6H,4-5H2,1H3,(H,14,16)(H,15,17). The molecule has 1 rings (SSSR count). The van der Waals surface area contributed by atoms with Crippen molar-refractivity contribution in [1.82, 2.24) is 5.32 Å². The lowest BCUT2D eigenvalue weighted by atomic mass is 10.3. The molecule has 2 N–H and O–H groups in total. The average Bonchev–Trinajstić information content (AvgIpc) is 2.21. The van der Waals surface area contributed by atoms with Gasteiger partial charge in [-0.25, -0.2) is 4.39 Å². The molecule has 6 heteroatoms. The molecule has 0 aliphatic carbocycles. The Balaban J connectivity index is 2.48.